The zero-order chi connectivity index (χ0) is 56.9. The molecule has 1 N–H and O–H groups in total. The predicted molar refractivity (Wildman–Crippen MR) is 301 cm³/mol. The first-order valence-corrected chi connectivity index (χ1v) is 28.6. The molecule has 0 amide bonds. The molecule has 19 heteroatoms. The number of nitrogens with zero attached hydrogens (tertiary/aromatic N) is 2. The smallest absolute Gasteiger partial charge is 0.0707 e. The Labute approximate surface area is 464 Å². The van der Waals surface area contributed by atoms with Crippen molar-refractivity contribution in [1.29, 1.82) is 0 Å². The number of hydrogen-bond donors (Lipinski definition) is 1. The standard InChI is InChI=1S/C57H119N3O16/c1-52(2,3)59(21-28-66-36-39-68-40-41-69-42-43-70-44-45-73-48-51-76-55(10,11)12)57(15,16)60(22-29-67-35-31-63-25-19-26-64-33-38-72-47-50-75-54(7,8)9)56(13,14)58-20-27-65-34-30-61-23-17-18-24-62-32-37-71-46-49-74-53(4,5)6/h58H,17-51H2,1-16H3. The van der Waals surface area contributed by atoms with Crippen LogP contribution in [0.25, 0.3) is 0 Å². The zero-order valence-electron chi connectivity index (χ0n) is 51.7. The van der Waals surface area contributed by atoms with Crippen molar-refractivity contribution in [3.8, 4) is 0 Å². The van der Waals surface area contributed by atoms with Gasteiger partial charge in [-0.25, -0.2) is 0 Å². The molecule has 0 aliphatic rings. The zero-order valence-corrected chi connectivity index (χ0v) is 51.7. The molecule has 19 nitrogen and oxygen atoms in total. The Morgan fingerprint density at radius 1 is 0.250 bits per heavy atom. The van der Waals surface area contributed by atoms with E-state index in [0.29, 0.717) is 205 Å². The van der Waals surface area contributed by atoms with Crippen LogP contribution in [-0.2, 0) is 75.8 Å². The summed E-state index contributed by atoms with van der Waals surface area (Å²) >= 11 is 0. The fourth-order valence-corrected chi connectivity index (χ4v) is 7.81. The molecule has 0 atom stereocenters. The summed E-state index contributed by atoms with van der Waals surface area (Å²) in [5, 5.41) is 3.79. The van der Waals surface area contributed by atoms with Crippen LogP contribution in [0.4, 0.5) is 0 Å². The number of nitrogens with one attached hydrogen (secondary N) is 1. The van der Waals surface area contributed by atoms with Gasteiger partial charge in [-0.2, -0.15) is 0 Å². The molecule has 0 unspecified atom stereocenters. The molecule has 0 saturated heterocycles. The monoisotopic (exact) mass is 1100 g/mol. The van der Waals surface area contributed by atoms with Crippen LogP contribution in [0.3, 0.4) is 0 Å². The molecule has 76 heavy (non-hydrogen) atoms. The molecular formula is C57H119N3O16. The Morgan fingerprint density at radius 3 is 0.776 bits per heavy atom. The summed E-state index contributed by atoms with van der Waals surface area (Å²) in [6.45, 7) is 52.3. The van der Waals surface area contributed by atoms with Gasteiger partial charge in [-0.05, 0) is 130 Å². The van der Waals surface area contributed by atoms with Crippen LogP contribution < -0.4 is 5.32 Å². The van der Waals surface area contributed by atoms with E-state index in [-0.39, 0.29) is 22.3 Å². The summed E-state index contributed by atoms with van der Waals surface area (Å²) in [4.78, 5) is 4.99. The summed E-state index contributed by atoms with van der Waals surface area (Å²) in [6.07, 6.45) is 2.69. The lowest BCUT2D eigenvalue weighted by molar-refractivity contribution is -0.143. The molecule has 0 bridgehead atoms. The Balaban J connectivity index is 4.85. The van der Waals surface area contributed by atoms with Crippen molar-refractivity contribution < 1.29 is 75.8 Å². The molecule has 0 saturated carbocycles. The van der Waals surface area contributed by atoms with Gasteiger partial charge in [0.05, 0.1) is 193 Å². The molecule has 0 aliphatic carbocycles. The first-order chi connectivity index (χ1) is 35.9. The highest BCUT2D eigenvalue weighted by molar-refractivity contribution is 4.95. The summed E-state index contributed by atoms with van der Waals surface area (Å²) in [6, 6.07) is 0. The number of unbranched alkanes of at least 4 members (excludes halogenated alkanes) is 1. The fourth-order valence-electron chi connectivity index (χ4n) is 7.81. The molecule has 0 aliphatic heterocycles. The topological polar surface area (TPSA) is 166 Å². The van der Waals surface area contributed by atoms with Gasteiger partial charge in [-0.15, -0.1) is 0 Å². The van der Waals surface area contributed by atoms with Crippen LogP contribution in [0.5, 0.6) is 0 Å². The van der Waals surface area contributed by atoms with Crippen LogP contribution in [0.15, 0.2) is 0 Å². The van der Waals surface area contributed by atoms with E-state index in [9.17, 15) is 0 Å². The van der Waals surface area contributed by atoms with Gasteiger partial charge in [-0.3, -0.25) is 15.1 Å². The SMILES string of the molecule is CC(C)(C)OCCOCCOCCCCOCCOCCNC(C)(C)N(CCOCCOCCCOCCOCCOC(C)(C)C)C(C)(C)N(CCOCCOCCOCCOCCOCCOC(C)(C)C)C(C)(C)C. The lowest BCUT2D eigenvalue weighted by Gasteiger charge is -2.57. The average Bonchev–Trinajstić information content (AvgIpc) is 3.31. The van der Waals surface area contributed by atoms with Crippen LogP contribution in [-0.4, -0.2) is 255 Å². The van der Waals surface area contributed by atoms with Crippen LogP contribution in [0.1, 0.15) is 130 Å². The van der Waals surface area contributed by atoms with Gasteiger partial charge in [0.2, 0.25) is 0 Å². The number of hydrogen-bond acceptors (Lipinski definition) is 19. The van der Waals surface area contributed by atoms with Crippen molar-refractivity contribution in [2.24, 2.45) is 0 Å². The van der Waals surface area contributed by atoms with Gasteiger partial charge >= 0.3 is 0 Å². The van der Waals surface area contributed by atoms with Gasteiger partial charge in [-0.1, -0.05) is 0 Å². The van der Waals surface area contributed by atoms with E-state index < -0.39 is 11.3 Å². The maximum absolute atomic E-state index is 6.20. The highest BCUT2D eigenvalue weighted by Crippen LogP contribution is 2.32. The predicted octanol–water partition coefficient (Wildman–Crippen LogP) is 7.28. The van der Waals surface area contributed by atoms with E-state index >= 15 is 0 Å². The van der Waals surface area contributed by atoms with Gasteiger partial charge in [0, 0.05) is 51.6 Å². The lowest BCUT2D eigenvalue weighted by atomic mass is 9.96. The third-order valence-corrected chi connectivity index (χ3v) is 11.2. The van der Waals surface area contributed by atoms with Crippen LogP contribution in [0.2, 0.25) is 0 Å². The molecule has 458 valence electrons. The van der Waals surface area contributed by atoms with E-state index in [1.807, 2.05) is 62.3 Å². The van der Waals surface area contributed by atoms with Crippen molar-refractivity contribution in [3.63, 3.8) is 0 Å². The lowest BCUT2D eigenvalue weighted by Crippen LogP contribution is -2.71. The second-order valence-corrected chi connectivity index (χ2v) is 23.4. The maximum atomic E-state index is 6.20. The minimum atomic E-state index is -0.425. The second-order valence-electron chi connectivity index (χ2n) is 23.4. The summed E-state index contributed by atoms with van der Waals surface area (Å²) in [5.41, 5.74) is -1.46. The van der Waals surface area contributed by atoms with E-state index in [2.05, 4.69) is 63.6 Å². The molecule has 0 aromatic heterocycles. The van der Waals surface area contributed by atoms with Crippen molar-refractivity contribution in [2.45, 2.75) is 164 Å². The molecule has 0 fully saturated rings. The fraction of sp³-hybridized carbons (Fsp3) is 1.00. The van der Waals surface area contributed by atoms with E-state index in [4.69, 9.17) is 75.8 Å². The van der Waals surface area contributed by atoms with Crippen molar-refractivity contribution >= 4 is 0 Å². The van der Waals surface area contributed by atoms with Crippen molar-refractivity contribution in [1.82, 2.24) is 15.1 Å². The van der Waals surface area contributed by atoms with Gasteiger partial charge in [0.1, 0.15) is 0 Å². The Morgan fingerprint density at radius 2 is 0.487 bits per heavy atom. The molecular weight excluding hydrogens is 983 g/mol. The van der Waals surface area contributed by atoms with Crippen molar-refractivity contribution in [3.05, 3.63) is 0 Å². The first-order valence-electron chi connectivity index (χ1n) is 28.6. The van der Waals surface area contributed by atoms with Gasteiger partial charge in [0.15, 0.2) is 0 Å². The molecule has 0 aromatic carbocycles. The van der Waals surface area contributed by atoms with Crippen molar-refractivity contribution in [2.75, 3.05) is 211 Å². The van der Waals surface area contributed by atoms with Crippen LogP contribution >= 0.6 is 0 Å². The summed E-state index contributed by atoms with van der Waals surface area (Å²) in [5.74, 6) is 0. The molecule has 0 rings (SSSR count). The molecule has 0 radical (unpaired) electrons. The van der Waals surface area contributed by atoms with E-state index in [1.54, 1.807) is 0 Å². The Bertz CT molecular complexity index is 1260. The largest absolute Gasteiger partial charge is 0.379 e. The third-order valence-electron chi connectivity index (χ3n) is 11.2. The van der Waals surface area contributed by atoms with Gasteiger partial charge < -0.3 is 75.8 Å². The third kappa shape index (κ3) is 49.1. The normalized spacial score (nSPS) is 13.3. The minimum Gasteiger partial charge on any atom is -0.379 e. The molecule has 0 spiro atoms. The highest BCUT2D eigenvalue weighted by Gasteiger charge is 2.44. The number of rotatable bonds is 55. The Kier molecular flexibility index (Phi) is 45.3. The van der Waals surface area contributed by atoms with E-state index in [1.165, 1.54) is 0 Å². The minimum absolute atomic E-state index is 0.143. The summed E-state index contributed by atoms with van der Waals surface area (Å²) in [7, 11) is 0. The Hall–Kier alpha value is -0.760. The summed E-state index contributed by atoms with van der Waals surface area (Å²) < 4.78 is 92.1. The van der Waals surface area contributed by atoms with Gasteiger partial charge in [0.25, 0.3) is 0 Å². The average molecular weight is 1100 g/mol. The highest BCUT2D eigenvalue weighted by atomic mass is 16.6. The van der Waals surface area contributed by atoms with Crippen LogP contribution in [0, 0.1) is 0 Å². The molecule has 0 aromatic rings. The second kappa shape index (κ2) is 45.8. The molecule has 0 heterocycles. The maximum Gasteiger partial charge on any atom is 0.0707 e. The van der Waals surface area contributed by atoms with E-state index in [0.717, 1.165) is 25.8 Å². The first kappa shape index (κ1) is 75.2. The number of ether oxygens (including phenoxy) is 16. The quantitative estimate of drug-likeness (QED) is 0.0477.